The van der Waals surface area contributed by atoms with Gasteiger partial charge in [0.2, 0.25) is 0 Å². The first-order chi connectivity index (χ1) is 9.04. The third-order valence-corrected chi connectivity index (χ3v) is 3.23. The van der Waals surface area contributed by atoms with Crippen molar-refractivity contribution in [2.75, 3.05) is 6.61 Å². The highest BCUT2D eigenvalue weighted by Crippen LogP contribution is 2.32. The number of ether oxygens (including phenoxy) is 1. The highest BCUT2D eigenvalue weighted by Gasteiger charge is 2.19. The Kier molecular flexibility index (Phi) is 4.07. The van der Waals surface area contributed by atoms with Crippen LogP contribution >= 0.6 is 23.2 Å². The van der Waals surface area contributed by atoms with Gasteiger partial charge in [0.1, 0.15) is 0 Å². The molecule has 0 saturated carbocycles. The van der Waals surface area contributed by atoms with E-state index in [9.17, 15) is 4.79 Å². The molecule has 0 fully saturated rings. The minimum atomic E-state index is -0.567. The number of hydrogen-bond donors (Lipinski definition) is 0. The normalized spacial score (nSPS) is 10.5. The van der Waals surface area contributed by atoms with Crippen LogP contribution in [0.5, 0.6) is 0 Å². The standard InChI is InChI=1S/C12H11Cl2N3O2/c1-3-19-12(18)10-15-11(17(2)16-10)7-5-4-6-8(13)9(7)14/h4-6H,3H2,1-2H3. The number of carbonyl (C=O) groups excluding carboxylic acids is 1. The smallest absolute Gasteiger partial charge is 0.378 e. The number of hydrogen-bond acceptors (Lipinski definition) is 4. The second kappa shape index (κ2) is 5.59. The van der Waals surface area contributed by atoms with Gasteiger partial charge in [-0.3, -0.25) is 0 Å². The van der Waals surface area contributed by atoms with Crippen LogP contribution in [0, 0.1) is 0 Å². The minimum absolute atomic E-state index is 0.00427. The predicted octanol–water partition coefficient (Wildman–Crippen LogP) is 2.97. The first kappa shape index (κ1) is 13.8. The van der Waals surface area contributed by atoms with Crippen LogP contribution in [0.2, 0.25) is 10.0 Å². The minimum Gasteiger partial charge on any atom is -0.460 e. The van der Waals surface area contributed by atoms with Gasteiger partial charge in [0.05, 0.1) is 16.7 Å². The molecule has 1 aromatic carbocycles. The Labute approximate surface area is 120 Å². The van der Waals surface area contributed by atoms with Gasteiger partial charge in [0, 0.05) is 12.6 Å². The molecular weight excluding hydrogens is 289 g/mol. The average molecular weight is 300 g/mol. The van der Waals surface area contributed by atoms with Gasteiger partial charge in [0.15, 0.2) is 5.82 Å². The molecule has 0 aliphatic carbocycles. The summed E-state index contributed by atoms with van der Waals surface area (Å²) in [5.41, 5.74) is 0.611. The van der Waals surface area contributed by atoms with Crippen molar-refractivity contribution >= 4 is 29.2 Å². The molecule has 100 valence electrons. The van der Waals surface area contributed by atoms with Gasteiger partial charge < -0.3 is 4.74 Å². The van der Waals surface area contributed by atoms with E-state index in [4.69, 9.17) is 27.9 Å². The molecule has 19 heavy (non-hydrogen) atoms. The van der Waals surface area contributed by atoms with Crippen molar-refractivity contribution in [2.24, 2.45) is 7.05 Å². The van der Waals surface area contributed by atoms with Gasteiger partial charge >= 0.3 is 5.97 Å². The molecule has 0 N–H and O–H groups in total. The van der Waals surface area contributed by atoms with E-state index in [0.717, 1.165) is 0 Å². The summed E-state index contributed by atoms with van der Waals surface area (Å²) >= 11 is 12.1. The van der Waals surface area contributed by atoms with E-state index in [1.54, 1.807) is 32.2 Å². The van der Waals surface area contributed by atoms with Crippen LogP contribution in [0.3, 0.4) is 0 Å². The van der Waals surface area contributed by atoms with E-state index in [2.05, 4.69) is 10.1 Å². The maximum absolute atomic E-state index is 11.6. The van der Waals surface area contributed by atoms with E-state index in [1.807, 2.05) is 0 Å². The maximum atomic E-state index is 11.6. The molecule has 1 aromatic heterocycles. The van der Waals surface area contributed by atoms with Crippen LogP contribution in [-0.4, -0.2) is 27.3 Å². The molecule has 2 rings (SSSR count). The molecule has 0 atom stereocenters. The Morgan fingerprint density at radius 3 is 2.84 bits per heavy atom. The van der Waals surface area contributed by atoms with Crippen molar-refractivity contribution in [3.63, 3.8) is 0 Å². The summed E-state index contributed by atoms with van der Waals surface area (Å²) in [5, 5.41) is 4.79. The number of aryl methyl sites for hydroxylation is 1. The third kappa shape index (κ3) is 2.72. The molecule has 0 saturated heterocycles. The first-order valence-electron chi connectivity index (χ1n) is 5.57. The van der Waals surface area contributed by atoms with Gasteiger partial charge in [-0.2, -0.15) is 0 Å². The summed E-state index contributed by atoms with van der Waals surface area (Å²) in [4.78, 5) is 15.7. The number of rotatable bonds is 3. The molecule has 0 unspecified atom stereocenters. The molecule has 0 aliphatic heterocycles. The third-order valence-electron chi connectivity index (χ3n) is 2.41. The lowest BCUT2D eigenvalue weighted by Crippen LogP contribution is -2.07. The number of aromatic nitrogens is 3. The summed E-state index contributed by atoms with van der Waals surface area (Å²) in [6.07, 6.45) is 0. The second-order valence-electron chi connectivity index (χ2n) is 3.70. The van der Waals surface area contributed by atoms with Crippen LogP contribution in [0.25, 0.3) is 11.4 Å². The lowest BCUT2D eigenvalue weighted by molar-refractivity contribution is 0.0512. The van der Waals surface area contributed by atoms with Crippen LogP contribution in [-0.2, 0) is 11.8 Å². The quantitative estimate of drug-likeness (QED) is 0.818. The molecule has 1 heterocycles. The van der Waals surface area contributed by atoms with Crippen LogP contribution < -0.4 is 0 Å². The maximum Gasteiger partial charge on any atom is 0.378 e. The van der Waals surface area contributed by atoms with E-state index >= 15 is 0 Å². The number of benzene rings is 1. The van der Waals surface area contributed by atoms with Crippen molar-refractivity contribution < 1.29 is 9.53 Å². The first-order valence-corrected chi connectivity index (χ1v) is 6.32. The molecule has 0 radical (unpaired) electrons. The summed E-state index contributed by atoms with van der Waals surface area (Å²) in [7, 11) is 1.67. The van der Waals surface area contributed by atoms with Gasteiger partial charge in [-0.05, 0) is 19.1 Å². The average Bonchev–Trinajstić information content (AvgIpc) is 2.75. The fourth-order valence-corrected chi connectivity index (χ4v) is 1.96. The Bertz CT molecular complexity index is 625. The van der Waals surface area contributed by atoms with Gasteiger partial charge in [-0.25, -0.2) is 14.5 Å². The lowest BCUT2D eigenvalue weighted by Gasteiger charge is -2.03. The van der Waals surface area contributed by atoms with E-state index in [0.29, 0.717) is 21.4 Å². The monoisotopic (exact) mass is 299 g/mol. The van der Waals surface area contributed by atoms with Gasteiger partial charge in [-0.1, -0.05) is 29.3 Å². The Morgan fingerprint density at radius 1 is 1.42 bits per heavy atom. The molecular formula is C12H11Cl2N3O2. The fourth-order valence-electron chi connectivity index (χ4n) is 1.58. The van der Waals surface area contributed by atoms with Crippen LogP contribution in [0.15, 0.2) is 18.2 Å². The van der Waals surface area contributed by atoms with Crippen LogP contribution in [0.4, 0.5) is 0 Å². The van der Waals surface area contributed by atoms with Crippen LogP contribution in [0.1, 0.15) is 17.5 Å². The van der Waals surface area contributed by atoms with E-state index in [-0.39, 0.29) is 12.4 Å². The zero-order valence-electron chi connectivity index (χ0n) is 10.4. The van der Waals surface area contributed by atoms with E-state index < -0.39 is 5.97 Å². The zero-order chi connectivity index (χ0) is 14.0. The predicted molar refractivity (Wildman–Crippen MR) is 72.4 cm³/mol. The van der Waals surface area contributed by atoms with Crippen molar-refractivity contribution in [3.05, 3.63) is 34.1 Å². The van der Waals surface area contributed by atoms with Crippen molar-refractivity contribution in [1.82, 2.24) is 14.8 Å². The SMILES string of the molecule is CCOC(=O)c1nc(-c2cccc(Cl)c2Cl)n(C)n1. The van der Waals surface area contributed by atoms with Gasteiger partial charge in [-0.15, -0.1) is 5.10 Å². The Morgan fingerprint density at radius 2 is 2.16 bits per heavy atom. The van der Waals surface area contributed by atoms with E-state index in [1.165, 1.54) is 4.68 Å². The van der Waals surface area contributed by atoms with Gasteiger partial charge in [0.25, 0.3) is 5.82 Å². The molecule has 5 nitrogen and oxygen atoms in total. The largest absolute Gasteiger partial charge is 0.460 e. The molecule has 7 heteroatoms. The highest BCUT2D eigenvalue weighted by molar-refractivity contribution is 6.43. The molecule has 0 spiro atoms. The number of halogens is 2. The molecule has 0 bridgehead atoms. The summed E-state index contributed by atoms with van der Waals surface area (Å²) in [6, 6.07) is 5.19. The number of carbonyl (C=O) groups is 1. The van der Waals surface area contributed by atoms with Crippen molar-refractivity contribution in [2.45, 2.75) is 6.92 Å². The van der Waals surface area contributed by atoms with Crippen molar-refractivity contribution in [3.8, 4) is 11.4 Å². The highest BCUT2D eigenvalue weighted by atomic mass is 35.5. The molecule has 0 amide bonds. The topological polar surface area (TPSA) is 57.0 Å². The summed E-state index contributed by atoms with van der Waals surface area (Å²) < 4.78 is 6.31. The summed E-state index contributed by atoms with van der Waals surface area (Å²) in [5.74, 6) is -0.117. The number of nitrogens with zero attached hydrogens (tertiary/aromatic N) is 3. The molecule has 2 aromatic rings. The Hall–Kier alpha value is -1.59. The lowest BCUT2D eigenvalue weighted by atomic mass is 10.2. The molecule has 0 aliphatic rings. The van der Waals surface area contributed by atoms with Crippen molar-refractivity contribution in [1.29, 1.82) is 0 Å². The Balaban J connectivity index is 2.46. The zero-order valence-corrected chi connectivity index (χ0v) is 11.9. The number of esters is 1. The second-order valence-corrected chi connectivity index (χ2v) is 4.49. The fraction of sp³-hybridized carbons (Fsp3) is 0.250. The summed E-state index contributed by atoms with van der Waals surface area (Å²) in [6.45, 7) is 1.99.